The summed E-state index contributed by atoms with van der Waals surface area (Å²) in [6, 6.07) is 0. The zero-order valence-electron chi connectivity index (χ0n) is 15.0. The molecule has 0 radical (unpaired) electrons. The number of hydrogen-bond donors (Lipinski definition) is 2. The Morgan fingerprint density at radius 1 is 1.30 bits per heavy atom. The van der Waals surface area contributed by atoms with Crippen molar-refractivity contribution in [3.8, 4) is 0 Å². The number of aromatic carboxylic acids is 1. The van der Waals surface area contributed by atoms with Gasteiger partial charge in [-0.25, -0.2) is 14.4 Å². The van der Waals surface area contributed by atoms with Crippen LogP contribution in [0.4, 0.5) is 5.00 Å². The summed E-state index contributed by atoms with van der Waals surface area (Å²) in [4.78, 5) is 48.1. The molecule has 0 fully saturated rings. The van der Waals surface area contributed by atoms with E-state index >= 15 is 0 Å². The molecule has 11 heteroatoms. The maximum absolute atomic E-state index is 12.5. The highest BCUT2D eigenvalue weighted by molar-refractivity contribution is 7.18. The predicted octanol–water partition coefficient (Wildman–Crippen LogP) is 1.70. The smallest absolute Gasteiger partial charge is 0.348 e. The monoisotopic (exact) mass is 395 g/mol. The number of anilines is 1. The van der Waals surface area contributed by atoms with E-state index in [9.17, 15) is 24.3 Å². The number of amides is 1. The Kier molecular flexibility index (Phi) is 5.95. The van der Waals surface area contributed by atoms with Crippen LogP contribution in [0.15, 0.2) is 6.20 Å². The lowest BCUT2D eigenvalue weighted by atomic mass is 10.1. The van der Waals surface area contributed by atoms with Gasteiger partial charge in [0, 0.05) is 13.2 Å². The zero-order chi connectivity index (χ0) is 20.3. The number of aryl methyl sites for hydroxylation is 1. The fraction of sp³-hybridized carbons (Fsp3) is 0.312. The van der Waals surface area contributed by atoms with Gasteiger partial charge in [-0.2, -0.15) is 5.10 Å². The van der Waals surface area contributed by atoms with Gasteiger partial charge in [-0.3, -0.25) is 9.48 Å². The molecule has 2 heterocycles. The standard InChI is InChI=1S/C16H17N3O7S/c1-5-26-16(24)11-7(2)9(15(23)25-4)13(27-11)17-12(20)10-8(14(21)22)6-19(3)18-10/h6H,5H2,1-4H3,(H,17,20)(H,21,22). The lowest BCUT2D eigenvalue weighted by molar-refractivity contribution is 0.0530. The van der Waals surface area contributed by atoms with Crippen LogP contribution in [0.5, 0.6) is 0 Å². The van der Waals surface area contributed by atoms with Crippen LogP contribution in [0.1, 0.15) is 53.4 Å². The second-order valence-corrected chi connectivity index (χ2v) is 6.32. The fourth-order valence-corrected chi connectivity index (χ4v) is 3.40. The van der Waals surface area contributed by atoms with Crippen molar-refractivity contribution in [3.63, 3.8) is 0 Å². The second-order valence-electron chi connectivity index (χ2n) is 5.30. The SMILES string of the molecule is CCOC(=O)c1sc(NC(=O)c2nn(C)cc2C(=O)O)c(C(=O)OC)c1C. The van der Waals surface area contributed by atoms with Crippen molar-refractivity contribution in [2.75, 3.05) is 19.0 Å². The van der Waals surface area contributed by atoms with Crippen LogP contribution >= 0.6 is 11.3 Å². The molecule has 2 aromatic heterocycles. The van der Waals surface area contributed by atoms with E-state index in [1.807, 2.05) is 0 Å². The van der Waals surface area contributed by atoms with E-state index in [1.54, 1.807) is 6.92 Å². The summed E-state index contributed by atoms with van der Waals surface area (Å²) in [6.45, 7) is 3.30. The van der Waals surface area contributed by atoms with Crippen LogP contribution in [0, 0.1) is 6.92 Å². The number of methoxy groups -OCH3 is 1. The first-order valence-corrected chi connectivity index (χ1v) is 8.49. The molecule has 144 valence electrons. The van der Waals surface area contributed by atoms with Gasteiger partial charge in [-0.1, -0.05) is 0 Å². The van der Waals surface area contributed by atoms with Gasteiger partial charge < -0.3 is 19.9 Å². The van der Waals surface area contributed by atoms with Crippen molar-refractivity contribution in [1.29, 1.82) is 0 Å². The number of hydrogen-bond acceptors (Lipinski definition) is 8. The minimum Gasteiger partial charge on any atom is -0.478 e. The van der Waals surface area contributed by atoms with E-state index in [4.69, 9.17) is 9.47 Å². The summed E-state index contributed by atoms with van der Waals surface area (Å²) in [6.07, 6.45) is 1.18. The van der Waals surface area contributed by atoms with Gasteiger partial charge >= 0.3 is 17.9 Å². The summed E-state index contributed by atoms with van der Waals surface area (Å²) >= 11 is 0.833. The molecule has 2 N–H and O–H groups in total. The van der Waals surface area contributed by atoms with E-state index in [1.165, 1.54) is 24.9 Å². The quantitative estimate of drug-likeness (QED) is 0.705. The van der Waals surface area contributed by atoms with Crippen LogP contribution < -0.4 is 5.32 Å². The number of ether oxygens (including phenoxy) is 2. The number of carbonyl (C=O) groups excluding carboxylic acids is 3. The van der Waals surface area contributed by atoms with Crippen molar-refractivity contribution in [2.24, 2.45) is 7.05 Å². The number of rotatable bonds is 6. The maximum atomic E-state index is 12.5. The molecule has 0 spiro atoms. The molecule has 27 heavy (non-hydrogen) atoms. The number of carbonyl (C=O) groups is 4. The van der Waals surface area contributed by atoms with Crippen LogP contribution in [0.2, 0.25) is 0 Å². The number of aromatic nitrogens is 2. The third-order valence-electron chi connectivity index (χ3n) is 3.50. The summed E-state index contributed by atoms with van der Waals surface area (Å²) < 4.78 is 10.8. The van der Waals surface area contributed by atoms with Crippen molar-refractivity contribution < 1.29 is 33.8 Å². The summed E-state index contributed by atoms with van der Waals surface area (Å²) in [5.74, 6) is -3.56. The molecular formula is C16H17N3O7S. The third-order valence-corrected chi connectivity index (χ3v) is 4.69. The third kappa shape index (κ3) is 3.97. The molecule has 0 aromatic carbocycles. The Morgan fingerprint density at radius 3 is 2.52 bits per heavy atom. The number of nitrogens with zero attached hydrogens (tertiary/aromatic N) is 2. The molecule has 1 amide bonds. The first kappa shape index (κ1) is 20.1. The topological polar surface area (TPSA) is 137 Å². The Labute approximate surface area is 157 Å². The lowest BCUT2D eigenvalue weighted by Gasteiger charge is -2.05. The summed E-state index contributed by atoms with van der Waals surface area (Å²) in [5.41, 5.74) is -0.343. The predicted molar refractivity (Wildman–Crippen MR) is 94.5 cm³/mol. The highest BCUT2D eigenvalue weighted by atomic mass is 32.1. The van der Waals surface area contributed by atoms with E-state index in [0.29, 0.717) is 5.56 Å². The van der Waals surface area contributed by atoms with Crippen molar-refractivity contribution in [3.05, 3.63) is 33.5 Å². The molecule has 0 aliphatic heterocycles. The van der Waals surface area contributed by atoms with Crippen LogP contribution in [0.25, 0.3) is 0 Å². The molecule has 0 bridgehead atoms. The molecule has 2 rings (SSSR count). The Hall–Kier alpha value is -3.21. The summed E-state index contributed by atoms with van der Waals surface area (Å²) in [5, 5.41) is 15.5. The van der Waals surface area contributed by atoms with E-state index < -0.39 is 23.8 Å². The highest BCUT2D eigenvalue weighted by Crippen LogP contribution is 2.34. The Bertz CT molecular complexity index is 929. The number of nitrogens with one attached hydrogen (secondary N) is 1. The van der Waals surface area contributed by atoms with Gasteiger partial charge in [0.2, 0.25) is 0 Å². The molecule has 2 aromatic rings. The Balaban J connectivity index is 2.47. The van der Waals surface area contributed by atoms with Crippen LogP contribution in [-0.2, 0) is 16.5 Å². The zero-order valence-corrected chi connectivity index (χ0v) is 15.8. The van der Waals surface area contributed by atoms with Crippen molar-refractivity contribution >= 4 is 40.2 Å². The van der Waals surface area contributed by atoms with E-state index in [0.717, 1.165) is 18.4 Å². The van der Waals surface area contributed by atoms with Crippen LogP contribution in [0.3, 0.4) is 0 Å². The molecule has 0 saturated carbocycles. The lowest BCUT2D eigenvalue weighted by Crippen LogP contribution is -2.17. The van der Waals surface area contributed by atoms with Gasteiger partial charge in [0.25, 0.3) is 5.91 Å². The van der Waals surface area contributed by atoms with Gasteiger partial charge in [-0.15, -0.1) is 11.3 Å². The fourth-order valence-electron chi connectivity index (χ4n) is 2.32. The van der Waals surface area contributed by atoms with Crippen molar-refractivity contribution in [2.45, 2.75) is 13.8 Å². The number of thiophene rings is 1. The molecule has 0 saturated heterocycles. The Morgan fingerprint density at radius 2 is 1.96 bits per heavy atom. The average Bonchev–Trinajstić information content (AvgIpc) is 3.15. The molecule has 10 nitrogen and oxygen atoms in total. The average molecular weight is 395 g/mol. The summed E-state index contributed by atoms with van der Waals surface area (Å²) in [7, 11) is 2.63. The van der Waals surface area contributed by atoms with Gasteiger partial charge in [0.05, 0.1) is 19.3 Å². The first-order valence-electron chi connectivity index (χ1n) is 7.68. The first-order chi connectivity index (χ1) is 12.7. The normalized spacial score (nSPS) is 10.4. The largest absolute Gasteiger partial charge is 0.478 e. The molecular weight excluding hydrogens is 378 g/mol. The van der Waals surface area contributed by atoms with E-state index in [-0.39, 0.29) is 33.3 Å². The van der Waals surface area contributed by atoms with Crippen molar-refractivity contribution in [1.82, 2.24) is 9.78 Å². The van der Waals surface area contributed by atoms with Crippen LogP contribution in [-0.4, -0.2) is 52.4 Å². The number of esters is 2. The molecule has 0 atom stereocenters. The maximum Gasteiger partial charge on any atom is 0.348 e. The second kappa shape index (κ2) is 7.99. The highest BCUT2D eigenvalue weighted by Gasteiger charge is 2.29. The minimum atomic E-state index is -1.32. The minimum absolute atomic E-state index is 0.00768. The van der Waals surface area contributed by atoms with Gasteiger partial charge in [-0.05, 0) is 19.4 Å². The van der Waals surface area contributed by atoms with E-state index in [2.05, 4.69) is 10.4 Å². The molecule has 0 aliphatic rings. The van der Waals surface area contributed by atoms with Gasteiger partial charge in [0.15, 0.2) is 5.69 Å². The molecule has 0 aliphatic carbocycles. The number of carboxylic acid groups (broad SMARTS) is 1. The van der Waals surface area contributed by atoms with Gasteiger partial charge in [0.1, 0.15) is 15.4 Å². The molecule has 0 unspecified atom stereocenters. The number of carboxylic acids is 1.